The minimum atomic E-state index is 0.587. The molecule has 35 heavy (non-hydrogen) atoms. The molecule has 9 nitrogen and oxygen atoms in total. The van der Waals surface area contributed by atoms with Gasteiger partial charge in [-0.3, -0.25) is 10.3 Å². The van der Waals surface area contributed by atoms with Crippen molar-refractivity contribution >= 4 is 28.5 Å². The molecule has 0 spiro atoms. The zero-order valence-electron chi connectivity index (χ0n) is 20.5. The molecule has 0 radical (unpaired) electrons. The third kappa shape index (κ3) is 5.93. The second-order valence-corrected chi connectivity index (χ2v) is 9.00. The first kappa shape index (κ1) is 23.6. The highest BCUT2D eigenvalue weighted by Gasteiger charge is 2.15. The molecule has 9 heteroatoms. The number of aromatic amines is 1. The third-order valence-corrected chi connectivity index (χ3v) is 6.64. The Morgan fingerprint density at radius 2 is 1.83 bits per heavy atom. The molecule has 0 saturated carbocycles. The number of nitrogens with zero attached hydrogens (tertiary/aromatic N) is 4. The van der Waals surface area contributed by atoms with Crippen LogP contribution in [0, 0.1) is 13.8 Å². The van der Waals surface area contributed by atoms with Crippen molar-refractivity contribution in [1.29, 1.82) is 0 Å². The van der Waals surface area contributed by atoms with E-state index in [0.717, 1.165) is 81.7 Å². The minimum Gasteiger partial charge on any atom is -0.476 e. The number of ether oxygens (including phenoxy) is 3. The van der Waals surface area contributed by atoms with Gasteiger partial charge in [-0.1, -0.05) is 0 Å². The van der Waals surface area contributed by atoms with Gasteiger partial charge in [-0.2, -0.15) is 5.10 Å². The maximum Gasteiger partial charge on any atom is 0.215 e. The summed E-state index contributed by atoms with van der Waals surface area (Å²) < 4.78 is 17.0. The molecule has 2 N–H and O–H groups in total. The standard InChI is InChI=1S/C26H34N6O3/c1-19-20(2)28-25-4-3-21(16-24(19)25)30-27-18-22-15-23(32-8-12-34-13-9-32)17-26(29-22)35-14-7-31-5-10-33-11-6-31/h3-4,15-18,28,30H,5-14H2,1-2H3/b27-18+. The number of morpholine rings is 2. The Morgan fingerprint density at radius 3 is 2.63 bits per heavy atom. The number of rotatable bonds is 8. The normalized spacial score (nSPS) is 17.4. The van der Waals surface area contributed by atoms with Crippen molar-refractivity contribution in [1.82, 2.24) is 14.9 Å². The second kappa shape index (κ2) is 11.1. The van der Waals surface area contributed by atoms with Gasteiger partial charge < -0.3 is 24.1 Å². The van der Waals surface area contributed by atoms with Crippen LogP contribution in [0.4, 0.5) is 11.4 Å². The molecule has 186 valence electrons. The van der Waals surface area contributed by atoms with E-state index in [1.807, 2.05) is 18.2 Å². The van der Waals surface area contributed by atoms with Crippen molar-refractivity contribution in [2.45, 2.75) is 13.8 Å². The van der Waals surface area contributed by atoms with Crippen molar-refractivity contribution in [2.24, 2.45) is 5.10 Å². The largest absolute Gasteiger partial charge is 0.476 e. The number of fused-ring (bicyclic) bond motifs is 1. The van der Waals surface area contributed by atoms with E-state index in [4.69, 9.17) is 19.2 Å². The van der Waals surface area contributed by atoms with E-state index in [1.165, 1.54) is 16.6 Å². The summed E-state index contributed by atoms with van der Waals surface area (Å²) in [4.78, 5) is 12.8. The lowest BCUT2D eigenvalue weighted by molar-refractivity contribution is 0.0320. The van der Waals surface area contributed by atoms with Gasteiger partial charge in [0.1, 0.15) is 6.61 Å². The highest BCUT2D eigenvalue weighted by Crippen LogP contribution is 2.25. The van der Waals surface area contributed by atoms with Crippen LogP contribution in [-0.4, -0.2) is 86.8 Å². The number of nitrogens with one attached hydrogen (secondary N) is 2. The van der Waals surface area contributed by atoms with Crippen LogP contribution in [0.15, 0.2) is 35.4 Å². The average Bonchev–Trinajstić information content (AvgIpc) is 3.18. The molecule has 0 bridgehead atoms. The number of anilines is 2. The molecule has 2 saturated heterocycles. The van der Waals surface area contributed by atoms with E-state index in [2.05, 4.69) is 51.3 Å². The summed E-state index contributed by atoms with van der Waals surface area (Å²) in [7, 11) is 0. The van der Waals surface area contributed by atoms with Gasteiger partial charge in [-0.15, -0.1) is 0 Å². The molecule has 2 fully saturated rings. The fourth-order valence-corrected chi connectivity index (χ4v) is 4.46. The average molecular weight is 479 g/mol. The van der Waals surface area contributed by atoms with Crippen LogP contribution in [-0.2, 0) is 9.47 Å². The van der Waals surface area contributed by atoms with Gasteiger partial charge in [0.2, 0.25) is 5.88 Å². The number of aryl methyl sites for hydroxylation is 2. The number of H-pyrrole nitrogens is 1. The van der Waals surface area contributed by atoms with Crippen LogP contribution in [0.5, 0.6) is 5.88 Å². The lowest BCUT2D eigenvalue weighted by Gasteiger charge is -2.29. The molecule has 4 heterocycles. The van der Waals surface area contributed by atoms with E-state index >= 15 is 0 Å². The Morgan fingerprint density at radius 1 is 1.06 bits per heavy atom. The highest BCUT2D eigenvalue weighted by molar-refractivity contribution is 5.87. The number of hydrogen-bond acceptors (Lipinski definition) is 8. The van der Waals surface area contributed by atoms with Gasteiger partial charge >= 0.3 is 0 Å². The Kier molecular flexibility index (Phi) is 7.46. The Labute approximate surface area is 206 Å². The lowest BCUT2D eigenvalue weighted by Crippen LogP contribution is -2.38. The van der Waals surface area contributed by atoms with Crippen LogP contribution in [0.3, 0.4) is 0 Å². The zero-order valence-corrected chi connectivity index (χ0v) is 20.5. The van der Waals surface area contributed by atoms with Crippen LogP contribution >= 0.6 is 0 Å². The molecular formula is C26H34N6O3. The van der Waals surface area contributed by atoms with E-state index in [9.17, 15) is 0 Å². The second-order valence-electron chi connectivity index (χ2n) is 9.00. The summed E-state index contributed by atoms with van der Waals surface area (Å²) in [5.74, 6) is 0.614. The SMILES string of the molecule is Cc1[nH]c2ccc(N/N=C/c3cc(N4CCOCC4)cc(OCCN4CCOCC4)n3)cc2c1C. The van der Waals surface area contributed by atoms with E-state index in [-0.39, 0.29) is 0 Å². The molecule has 0 aliphatic carbocycles. The quantitative estimate of drug-likeness (QED) is 0.380. The number of hydrogen-bond donors (Lipinski definition) is 2. The molecular weight excluding hydrogens is 444 g/mol. The summed E-state index contributed by atoms with van der Waals surface area (Å²) >= 11 is 0. The Hall–Kier alpha value is -3.14. The smallest absolute Gasteiger partial charge is 0.215 e. The van der Waals surface area contributed by atoms with Gasteiger partial charge in [0.05, 0.1) is 44.0 Å². The molecule has 3 aromatic rings. The number of hydrazone groups is 1. The van der Waals surface area contributed by atoms with Crippen molar-refractivity contribution in [3.8, 4) is 5.88 Å². The molecule has 0 amide bonds. The van der Waals surface area contributed by atoms with Gasteiger partial charge in [0, 0.05) is 61.1 Å². The first-order valence-electron chi connectivity index (χ1n) is 12.3. The maximum atomic E-state index is 6.07. The Bertz CT molecular complexity index is 1170. The van der Waals surface area contributed by atoms with E-state index < -0.39 is 0 Å². The molecule has 0 unspecified atom stereocenters. The fourth-order valence-electron chi connectivity index (χ4n) is 4.46. The van der Waals surface area contributed by atoms with Crippen LogP contribution in [0.1, 0.15) is 17.0 Å². The van der Waals surface area contributed by atoms with Crippen LogP contribution in [0.25, 0.3) is 10.9 Å². The molecule has 2 aliphatic heterocycles. The van der Waals surface area contributed by atoms with Gasteiger partial charge in [0.25, 0.3) is 0 Å². The van der Waals surface area contributed by atoms with Gasteiger partial charge in [-0.05, 0) is 43.7 Å². The molecule has 2 aromatic heterocycles. The van der Waals surface area contributed by atoms with Crippen molar-refractivity contribution in [2.75, 3.05) is 76.1 Å². The van der Waals surface area contributed by atoms with Crippen molar-refractivity contribution < 1.29 is 14.2 Å². The summed E-state index contributed by atoms with van der Waals surface area (Å²) in [6, 6.07) is 10.3. The van der Waals surface area contributed by atoms with Crippen molar-refractivity contribution in [3.05, 3.63) is 47.3 Å². The minimum absolute atomic E-state index is 0.587. The lowest BCUT2D eigenvalue weighted by atomic mass is 10.1. The molecule has 2 aliphatic rings. The summed E-state index contributed by atoms with van der Waals surface area (Å²) in [5.41, 5.74) is 9.48. The van der Waals surface area contributed by atoms with Crippen LogP contribution < -0.4 is 15.1 Å². The van der Waals surface area contributed by atoms with Crippen molar-refractivity contribution in [3.63, 3.8) is 0 Å². The number of benzene rings is 1. The molecule has 1 aromatic carbocycles. The summed E-state index contributed by atoms with van der Waals surface area (Å²) in [5, 5.41) is 5.67. The molecule has 0 atom stereocenters. The predicted octanol–water partition coefficient (Wildman–Crippen LogP) is 3.17. The van der Waals surface area contributed by atoms with Crippen LogP contribution in [0.2, 0.25) is 0 Å². The maximum absolute atomic E-state index is 6.07. The predicted molar refractivity (Wildman–Crippen MR) is 139 cm³/mol. The number of aromatic nitrogens is 2. The van der Waals surface area contributed by atoms with E-state index in [1.54, 1.807) is 6.21 Å². The Balaban J connectivity index is 1.29. The highest BCUT2D eigenvalue weighted by atomic mass is 16.5. The summed E-state index contributed by atoms with van der Waals surface area (Å²) in [6.07, 6.45) is 1.75. The topological polar surface area (TPSA) is 87.2 Å². The van der Waals surface area contributed by atoms with E-state index in [0.29, 0.717) is 12.5 Å². The first-order chi connectivity index (χ1) is 17.2. The van der Waals surface area contributed by atoms with Gasteiger partial charge in [-0.25, -0.2) is 4.98 Å². The number of pyridine rings is 1. The van der Waals surface area contributed by atoms with Gasteiger partial charge in [0.15, 0.2) is 0 Å². The summed E-state index contributed by atoms with van der Waals surface area (Å²) in [6.45, 7) is 12.3. The zero-order chi connectivity index (χ0) is 24.0. The molecule has 5 rings (SSSR count). The first-order valence-corrected chi connectivity index (χ1v) is 12.3. The third-order valence-electron chi connectivity index (χ3n) is 6.64. The monoisotopic (exact) mass is 478 g/mol. The fraction of sp³-hybridized carbons (Fsp3) is 0.462.